The van der Waals surface area contributed by atoms with Crippen molar-refractivity contribution in [2.45, 2.75) is 124 Å². The first-order valence-electron chi connectivity index (χ1n) is 19.4. The highest BCUT2D eigenvalue weighted by atomic mass is 127. The number of sulfonamides is 1. The number of urea groups is 1. The van der Waals surface area contributed by atoms with E-state index in [1.54, 1.807) is 11.8 Å². The first kappa shape index (κ1) is 38.8. The summed E-state index contributed by atoms with van der Waals surface area (Å²) in [6.07, 6.45) is 11.4. The Balaban J connectivity index is 1.20. The molecule has 4 N–H and O–H groups in total. The summed E-state index contributed by atoms with van der Waals surface area (Å²) in [6, 6.07) is 5.67. The number of rotatable bonds is 7. The second-order valence-electron chi connectivity index (χ2n) is 16.0. The van der Waals surface area contributed by atoms with Crippen LogP contribution in [0.5, 0.6) is 5.75 Å². The van der Waals surface area contributed by atoms with Crippen LogP contribution in [0, 0.1) is 18.8 Å². The lowest BCUT2D eigenvalue weighted by molar-refractivity contribution is -0.140. The Morgan fingerprint density at radius 3 is 2.67 bits per heavy atom. The maximum Gasteiger partial charge on any atom is 0.315 e. The van der Waals surface area contributed by atoms with E-state index in [1.807, 2.05) is 50.3 Å². The number of amides is 5. The number of unbranched alkanes of at least 4 members (excludes halogenated alkanes) is 1. The van der Waals surface area contributed by atoms with Crippen LogP contribution in [0.25, 0.3) is 10.9 Å². The number of alkyl halides is 1. The largest absolute Gasteiger partial charge is 0.483 e. The fourth-order valence-electron chi connectivity index (χ4n) is 8.33. The van der Waals surface area contributed by atoms with E-state index < -0.39 is 65.7 Å². The molecule has 292 valence electrons. The van der Waals surface area contributed by atoms with Gasteiger partial charge in [-0.15, -0.1) is 0 Å². The van der Waals surface area contributed by atoms with Crippen LogP contribution in [0.2, 0.25) is 0 Å². The fraction of sp³-hybridized carbons (Fsp3) is 0.615. The van der Waals surface area contributed by atoms with Gasteiger partial charge in [0, 0.05) is 29.8 Å². The SMILES string of the molecule is CCCCNC(=O)N[C@H]1CCCCC/C=C\[C@@H]2C(C(=O)NS(=O)(=O)C3(C)CC3)[C@]2(I)NC(=O)[C@@H]2C[C@]3(CCc4c(c(C)nc5ccccc45)O3)CN2C1=O. The third kappa shape index (κ3) is 7.42. The molecule has 1 spiro atoms. The predicted octanol–water partition coefficient (Wildman–Crippen LogP) is 4.69. The summed E-state index contributed by atoms with van der Waals surface area (Å²) < 4.78 is 33.2. The molecule has 54 heavy (non-hydrogen) atoms. The molecule has 3 fully saturated rings. The number of nitrogens with zero attached hydrogens (tertiary/aromatic N) is 2. The molecule has 0 radical (unpaired) electrons. The molecule has 2 aromatic rings. The number of hydrogen-bond acceptors (Lipinski definition) is 8. The van der Waals surface area contributed by atoms with E-state index >= 15 is 0 Å². The van der Waals surface area contributed by atoms with Gasteiger partial charge in [-0.3, -0.25) is 19.1 Å². The molecule has 13 nitrogen and oxygen atoms in total. The van der Waals surface area contributed by atoms with Gasteiger partial charge in [0.05, 0.1) is 28.4 Å². The summed E-state index contributed by atoms with van der Waals surface area (Å²) in [5, 5.41) is 9.90. The normalized spacial score (nSPS) is 31.1. The highest BCUT2D eigenvalue weighted by Crippen LogP contribution is 2.57. The smallest absolute Gasteiger partial charge is 0.315 e. The first-order chi connectivity index (χ1) is 25.7. The minimum absolute atomic E-state index is 0.129. The lowest BCUT2D eigenvalue weighted by atomic mass is 9.87. The lowest BCUT2D eigenvalue weighted by Crippen LogP contribution is -2.56. The van der Waals surface area contributed by atoms with Crippen LogP contribution < -0.4 is 25.4 Å². The molecule has 1 unspecified atom stereocenters. The van der Waals surface area contributed by atoms with Gasteiger partial charge in [0.1, 0.15) is 27.0 Å². The summed E-state index contributed by atoms with van der Waals surface area (Å²) in [5.74, 6) is -2.07. The monoisotopic (exact) mass is 874 g/mol. The Hall–Kier alpha value is -3.47. The topological polar surface area (TPSA) is 176 Å². The van der Waals surface area contributed by atoms with Crippen molar-refractivity contribution in [2.75, 3.05) is 13.1 Å². The number of aryl methyl sites for hydroxylation is 2. The Morgan fingerprint density at radius 2 is 1.91 bits per heavy atom. The average Bonchev–Trinajstić information content (AvgIpc) is 3.97. The summed E-state index contributed by atoms with van der Waals surface area (Å²) in [5.41, 5.74) is 1.76. The Kier molecular flexibility index (Phi) is 10.7. The molecule has 1 aromatic heterocycles. The van der Waals surface area contributed by atoms with Gasteiger partial charge in [-0.05, 0) is 71.3 Å². The van der Waals surface area contributed by atoms with E-state index in [4.69, 9.17) is 9.72 Å². The van der Waals surface area contributed by atoms with E-state index in [2.05, 4.69) is 43.3 Å². The number of benzene rings is 1. The van der Waals surface area contributed by atoms with E-state index in [0.717, 1.165) is 47.8 Å². The number of halogens is 1. The number of allylic oxidation sites excluding steroid dienone is 1. The standard InChI is InChI=1S/C39H51IN6O7S/c1-4-5-21-41-36(50)43-29-16-10-8-6-7-9-14-27-31(34(48)45-54(51,52)37(3)19-20-37)39(27,40)44-33(47)30-22-38(23-46(30)35(29)49)18-17-26-25-13-11-12-15-28(25)42-24(2)32(26)53-38/h9,11-15,27,29-31H,4-8,10,16-23H2,1-3H3,(H,44,47)(H,45,48)(H2,41,43,50)/b14-9-/t27-,29+,30+,31?,38-,39-/m1/s1. The molecule has 2 aliphatic carbocycles. The number of ether oxygens (including phenoxy) is 1. The van der Waals surface area contributed by atoms with Crippen molar-refractivity contribution in [3.63, 3.8) is 0 Å². The van der Waals surface area contributed by atoms with Crippen molar-refractivity contribution in [1.29, 1.82) is 0 Å². The number of para-hydroxylation sites is 1. The Morgan fingerprint density at radius 1 is 1.13 bits per heavy atom. The van der Waals surface area contributed by atoms with E-state index in [9.17, 15) is 27.6 Å². The Labute approximate surface area is 330 Å². The number of pyridine rings is 1. The minimum Gasteiger partial charge on any atom is -0.483 e. The van der Waals surface area contributed by atoms with Crippen molar-refractivity contribution in [1.82, 2.24) is 30.6 Å². The van der Waals surface area contributed by atoms with Crippen LogP contribution in [0.15, 0.2) is 36.4 Å². The zero-order valence-electron chi connectivity index (χ0n) is 31.2. The predicted molar refractivity (Wildman–Crippen MR) is 212 cm³/mol. The van der Waals surface area contributed by atoms with Gasteiger partial charge in [-0.2, -0.15) is 0 Å². The van der Waals surface area contributed by atoms with Gasteiger partial charge in [0.25, 0.3) is 0 Å². The average molecular weight is 875 g/mol. The van der Waals surface area contributed by atoms with Crippen molar-refractivity contribution in [3.05, 3.63) is 47.7 Å². The molecule has 5 amide bonds. The number of aromatic nitrogens is 1. The molecule has 15 heteroatoms. The van der Waals surface area contributed by atoms with E-state index in [1.165, 1.54) is 0 Å². The van der Waals surface area contributed by atoms with Gasteiger partial charge in [-0.1, -0.05) is 79.1 Å². The van der Waals surface area contributed by atoms with Crippen molar-refractivity contribution in [2.24, 2.45) is 11.8 Å². The number of fused-ring (bicyclic) bond motifs is 5. The van der Waals surface area contributed by atoms with Gasteiger partial charge in [-0.25, -0.2) is 18.2 Å². The Bertz CT molecular complexity index is 1990. The third-order valence-electron chi connectivity index (χ3n) is 12.0. The van der Waals surface area contributed by atoms with Gasteiger partial charge in [0.2, 0.25) is 27.7 Å². The molecular weight excluding hydrogens is 823 g/mol. The number of carbonyl (C=O) groups excluding carboxylic acids is 4. The molecule has 6 atom stereocenters. The summed E-state index contributed by atoms with van der Waals surface area (Å²) >= 11 is 2.07. The van der Waals surface area contributed by atoms with Crippen LogP contribution in [-0.4, -0.2) is 81.1 Å². The van der Waals surface area contributed by atoms with Crippen LogP contribution in [0.3, 0.4) is 0 Å². The number of carbonyl (C=O) groups is 4. The summed E-state index contributed by atoms with van der Waals surface area (Å²) in [7, 11) is -3.89. The number of nitrogens with one attached hydrogen (secondary N) is 4. The van der Waals surface area contributed by atoms with Gasteiger partial charge in [0.15, 0.2) is 0 Å². The first-order valence-corrected chi connectivity index (χ1v) is 21.9. The quantitative estimate of drug-likeness (QED) is 0.102. The molecule has 1 aromatic carbocycles. The fourth-order valence-corrected chi connectivity index (χ4v) is 10.9. The molecule has 7 rings (SSSR count). The maximum absolute atomic E-state index is 14.7. The third-order valence-corrected chi connectivity index (χ3v) is 15.8. The molecule has 3 aliphatic heterocycles. The highest BCUT2D eigenvalue weighted by molar-refractivity contribution is 14.1. The second kappa shape index (κ2) is 14.9. The van der Waals surface area contributed by atoms with Crippen LogP contribution >= 0.6 is 22.6 Å². The van der Waals surface area contributed by atoms with Crippen LogP contribution in [-0.2, 0) is 30.8 Å². The summed E-state index contributed by atoms with van der Waals surface area (Å²) in [6.45, 7) is 6.18. The lowest BCUT2D eigenvalue weighted by Gasteiger charge is -2.36. The molecular formula is C39H51IN6O7S. The molecule has 2 saturated carbocycles. The van der Waals surface area contributed by atoms with Crippen molar-refractivity contribution >= 4 is 67.3 Å². The molecule has 0 bridgehead atoms. The number of hydrogen-bond donors (Lipinski definition) is 4. The second-order valence-corrected chi connectivity index (χ2v) is 20.0. The van der Waals surface area contributed by atoms with Crippen molar-refractivity contribution < 1.29 is 32.3 Å². The summed E-state index contributed by atoms with van der Waals surface area (Å²) in [4.78, 5) is 62.3. The van der Waals surface area contributed by atoms with Gasteiger partial charge < -0.3 is 25.6 Å². The van der Waals surface area contributed by atoms with Crippen LogP contribution in [0.4, 0.5) is 4.79 Å². The molecule has 4 heterocycles. The zero-order chi connectivity index (χ0) is 38.5. The van der Waals surface area contributed by atoms with Crippen LogP contribution in [0.1, 0.15) is 95.7 Å². The zero-order valence-corrected chi connectivity index (χ0v) is 34.2. The maximum atomic E-state index is 14.7. The van der Waals surface area contributed by atoms with E-state index in [0.29, 0.717) is 57.2 Å². The van der Waals surface area contributed by atoms with E-state index in [-0.39, 0.29) is 18.9 Å². The van der Waals surface area contributed by atoms with Crippen molar-refractivity contribution in [3.8, 4) is 5.75 Å². The molecule has 5 aliphatic rings. The highest BCUT2D eigenvalue weighted by Gasteiger charge is 2.68. The minimum atomic E-state index is -3.89. The van der Waals surface area contributed by atoms with Gasteiger partial charge >= 0.3 is 6.03 Å². The molecule has 1 saturated heterocycles.